The summed E-state index contributed by atoms with van der Waals surface area (Å²) in [5.74, 6) is 2.03. The van der Waals surface area contributed by atoms with Gasteiger partial charge in [0.1, 0.15) is 17.2 Å². The molecule has 2 aromatic rings. The SMILES string of the molecule is COc1cc(Br)c(Oc2cccnc2CN)cc1Br. The summed E-state index contributed by atoms with van der Waals surface area (Å²) < 4.78 is 12.7. The molecule has 1 aromatic carbocycles. The first-order valence-electron chi connectivity index (χ1n) is 5.50. The zero-order valence-corrected chi connectivity index (χ0v) is 13.4. The Morgan fingerprint density at radius 3 is 2.53 bits per heavy atom. The van der Waals surface area contributed by atoms with Gasteiger partial charge in [0, 0.05) is 12.7 Å². The molecule has 0 atom stereocenters. The van der Waals surface area contributed by atoms with Gasteiger partial charge in [-0.2, -0.15) is 0 Å². The standard InChI is InChI=1S/C13H12Br2N2O2/c1-18-12-5-9(15)13(6-8(12)14)19-11-3-2-4-17-10(11)7-16/h2-6H,7,16H2,1H3. The topological polar surface area (TPSA) is 57.4 Å². The van der Waals surface area contributed by atoms with Crippen LogP contribution >= 0.6 is 31.9 Å². The van der Waals surface area contributed by atoms with Crippen LogP contribution in [0.4, 0.5) is 0 Å². The van der Waals surface area contributed by atoms with E-state index in [1.807, 2.05) is 18.2 Å². The molecule has 0 amide bonds. The second kappa shape index (κ2) is 6.36. The molecule has 0 fully saturated rings. The average Bonchev–Trinajstić information content (AvgIpc) is 2.43. The van der Waals surface area contributed by atoms with Crippen LogP contribution in [0.25, 0.3) is 0 Å². The molecule has 6 heteroatoms. The van der Waals surface area contributed by atoms with Crippen LogP contribution in [0.3, 0.4) is 0 Å². The number of hydrogen-bond donors (Lipinski definition) is 1. The van der Waals surface area contributed by atoms with Gasteiger partial charge in [0.2, 0.25) is 0 Å². The predicted octanol–water partition coefficient (Wildman–Crippen LogP) is 3.87. The third-order valence-corrected chi connectivity index (χ3v) is 3.71. The van der Waals surface area contributed by atoms with E-state index in [-0.39, 0.29) is 0 Å². The van der Waals surface area contributed by atoms with Crippen molar-refractivity contribution in [1.29, 1.82) is 0 Å². The molecule has 100 valence electrons. The van der Waals surface area contributed by atoms with Gasteiger partial charge < -0.3 is 15.2 Å². The molecule has 0 unspecified atom stereocenters. The van der Waals surface area contributed by atoms with Crippen molar-refractivity contribution in [3.63, 3.8) is 0 Å². The fourth-order valence-electron chi connectivity index (χ4n) is 1.53. The van der Waals surface area contributed by atoms with Gasteiger partial charge in [0.05, 0.1) is 21.7 Å². The monoisotopic (exact) mass is 386 g/mol. The summed E-state index contributed by atoms with van der Waals surface area (Å²) in [6.45, 7) is 0.325. The van der Waals surface area contributed by atoms with E-state index < -0.39 is 0 Å². The Morgan fingerprint density at radius 1 is 1.16 bits per heavy atom. The lowest BCUT2D eigenvalue weighted by Gasteiger charge is -2.12. The van der Waals surface area contributed by atoms with E-state index >= 15 is 0 Å². The number of methoxy groups -OCH3 is 1. The van der Waals surface area contributed by atoms with Gasteiger partial charge >= 0.3 is 0 Å². The average molecular weight is 388 g/mol. The van der Waals surface area contributed by atoms with Crippen LogP contribution in [0.5, 0.6) is 17.2 Å². The van der Waals surface area contributed by atoms with E-state index in [4.69, 9.17) is 15.2 Å². The number of pyridine rings is 1. The van der Waals surface area contributed by atoms with Crippen molar-refractivity contribution in [3.8, 4) is 17.2 Å². The summed E-state index contributed by atoms with van der Waals surface area (Å²) in [6.07, 6.45) is 1.69. The minimum atomic E-state index is 0.325. The van der Waals surface area contributed by atoms with Crippen LogP contribution in [0.15, 0.2) is 39.4 Å². The molecule has 0 saturated carbocycles. The van der Waals surface area contributed by atoms with E-state index in [1.54, 1.807) is 19.4 Å². The largest absolute Gasteiger partial charge is 0.496 e. The van der Waals surface area contributed by atoms with E-state index in [1.165, 1.54) is 0 Å². The van der Waals surface area contributed by atoms with Gasteiger partial charge in [0.25, 0.3) is 0 Å². The van der Waals surface area contributed by atoms with Gasteiger partial charge in [-0.1, -0.05) is 0 Å². The highest BCUT2D eigenvalue weighted by Crippen LogP contribution is 2.38. The lowest BCUT2D eigenvalue weighted by atomic mass is 10.3. The molecule has 0 aliphatic carbocycles. The minimum Gasteiger partial charge on any atom is -0.496 e. The maximum Gasteiger partial charge on any atom is 0.150 e. The highest BCUT2D eigenvalue weighted by molar-refractivity contribution is 9.11. The van der Waals surface area contributed by atoms with Crippen LogP contribution < -0.4 is 15.2 Å². The van der Waals surface area contributed by atoms with Crippen molar-refractivity contribution in [3.05, 3.63) is 45.1 Å². The Balaban J connectivity index is 2.36. The van der Waals surface area contributed by atoms with Crippen LogP contribution in [0.1, 0.15) is 5.69 Å². The zero-order valence-electron chi connectivity index (χ0n) is 10.2. The summed E-state index contributed by atoms with van der Waals surface area (Å²) in [5, 5.41) is 0. The first-order valence-corrected chi connectivity index (χ1v) is 7.09. The Morgan fingerprint density at radius 2 is 1.84 bits per heavy atom. The van der Waals surface area contributed by atoms with E-state index in [9.17, 15) is 0 Å². The molecule has 1 aromatic heterocycles. The summed E-state index contributed by atoms with van der Waals surface area (Å²) in [6, 6.07) is 7.30. The second-order valence-electron chi connectivity index (χ2n) is 3.67. The van der Waals surface area contributed by atoms with E-state index in [2.05, 4.69) is 36.8 Å². The molecule has 0 spiro atoms. The maximum atomic E-state index is 5.84. The molecule has 1 heterocycles. The summed E-state index contributed by atoms with van der Waals surface area (Å²) >= 11 is 6.87. The predicted molar refractivity (Wildman–Crippen MR) is 80.6 cm³/mol. The van der Waals surface area contributed by atoms with E-state index in [0.29, 0.717) is 23.7 Å². The molecule has 4 nitrogen and oxygen atoms in total. The van der Waals surface area contributed by atoms with Crippen LogP contribution in [-0.2, 0) is 6.54 Å². The first-order chi connectivity index (χ1) is 9.15. The highest BCUT2D eigenvalue weighted by atomic mass is 79.9. The molecular formula is C13H12Br2N2O2. The normalized spacial score (nSPS) is 10.3. The Labute approximate surface area is 128 Å². The number of nitrogens with two attached hydrogens (primary N) is 1. The molecular weight excluding hydrogens is 376 g/mol. The fourth-order valence-corrected chi connectivity index (χ4v) is 2.42. The molecule has 0 radical (unpaired) electrons. The summed E-state index contributed by atoms with van der Waals surface area (Å²) in [5.41, 5.74) is 6.34. The molecule has 0 aliphatic heterocycles. The Kier molecular flexibility index (Phi) is 4.79. The van der Waals surface area contributed by atoms with Crippen LogP contribution in [-0.4, -0.2) is 12.1 Å². The van der Waals surface area contributed by atoms with Gasteiger partial charge in [-0.15, -0.1) is 0 Å². The number of benzene rings is 1. The first kappa shape index (κ1) is 14.3. The summed E-state index contributed by atoms with van der Waals surface area (Å²) in [4.78, 5) is 4.18. The lowest BCUT2D eigenvalue weighted by Crippen LogP contribution is -2.02. The number of halogens is 2. The Bertz CT molecular complexity index is 591. The zero-order chi connectivity index (χ0) is 13.8. The molecule has 0 aliphatic rings. The number of rotatable bonds is 4. The van der Waals surface area contributed by atoms with Crippen molar-refractivity contribution >= 4 is 31.9 Å². The van der Waals surface area contributed by atoms with Crippen molar-refractivity contribution in [2.24, 2.45) is 5.73 Å². The molecule has 2 rings (SSSR count). The van der Waals surface area contributed by atoms with Gasteiger partial charge in [-0.3, -0.25) is 4.98 Å². The fraction of sp³-hybridized carbons (Fsp3) is 0.154. The smallest absolute Gasteiger partial charge is 0.150 e. The van der Waals surface area contributed by atoms with Crippen LogP contribution in [0, 0.1) is 0 Å². The van der Waals surface area contributed by atoms with Crippen LogP contribution in [0.2, 0.25) is 0 Å². The lowest BCUT2D eigenvalue weighted by molar-refractivity contribution is 0.409. The Hall–Kier alpha value is -1.11. The van der Waals surface area contributed by atoms with E-state index in [0.717, 1.165) is 14.7 Å². The quantitative estimate of drug-likeness (QED) is 0.865. The number of hydrogen-bond acceptors (Lipinski definition) is 4. The van der Waals surface area contributed by atoms with Crippen molar-refractivity contribution < 1.29 is 9.47 Å². The van der Waals surface area contributed by atoms with Crippen molar-refractivity contribution in [2.75, 3.05) is 7.11 Å². The number of aromatic nitrogens is 1. The summed E-state index contributed by atoms with van der Waals surface area (Å²) in [7, 11) is 1.61. The number of ether oxygens (including phenoxy) is 2. The third-order valence-electron chi connectivity index (χ3n) is 2.47. The maximum absolute atomic E-state index is 5.84. The number of nitrogens with zero attached hydrogens (tertiary/aromatic N) is 1. The highest BCUT2D eigenvalue weighted by Gasteiger charge is 2.11. The minimum absolute atomic E-state index is 0.325. The van der Waals surface area contributed by atoms with Crippen molar-refractivity contribution in [1.82, 2.24) is 4.98 Å². The molecule has 2 N–H and O–H groups in total. The van der Waals surface area contributed by atoms with Gasteiger partial charge in [0.15, 0.2) is 0 Å². The van der Waals surface area contributed by atoms with Crippen molar-refractivity contribution in [2.45, 2.75) is 6.54 Å². The molecule has 0 bridgehead atoms. The van der Waals surface area contributed by atoms with Gasteiger partial charge in [-0.05, 0) is 56.1 Å². The second-order valence-corrected chi connectivity index (χ2v) is 5.38. The van der Waals surface area contributed by atoms with Gasteiger partial charge in [-0.25, -0.2) is 0 Å². The third kappa shape index (κ3) is 3.26. The molecule has 0 saturated heterocycles. The molecule has 19 heavy (non-hydrogen) atoms.